The number of methoxy groups -OCH3 is 1. The maximum Gasteiger partial charge on any atom is 0.337 e. The highest BCUT2D eigenvalue weighted by atomic mass is 16.5. The van der Waals surface area contributed by atoms with E-state index in [1.807, 2.05) is 13.0 Å². The van der Waals surface area contributed by atoms with Crippen LogP contribution in [0.3, 0.4) is 0 Å². The Morgan fingerprint density at radius 2 is 2.29 bits per heavy atom. The fraction of sp³-hybridized carbons (Fsp3) is 0.462. The summed E-state index contributed by atoms with van der Waals surface area (Å²) in [4.78, 5) is 13.6. The molecule has 0 saturated carbocycles. The van der Waals surface area contributed by atoms with E-state index >= 15 is 0 Å². The second-order valence-corrected chi connectivity index (χ2v) is 4.44. The minimum absolute atomic E-state index is 0.120. The van der Waals surface area contributed by atoms with Crippen LogP contribution in [0.15, 0.2) is 18.2 Å². The van der Waals surface area contributed by atoms with Gasteiger partial charge in [0, 0.05) is 18.7 Å². The number of hydrogen-bond donors (Lipinski definition) is 0. The SMILES string of the molecule is COC(=O)c1ccc2c(c1)O[C@H](C)CN(C)C2. The van der Waals surface area contributed by atoms with E-state index in [2.05, 4.69) is 11.9 Å². The predicted molar refractivity (Wildman–Crippen MR) is 64.2 cm³/mol. The highest BCUT2D eigenvalue weighted by molar-refractivity contribution is 5.89. The van der Waals surface area contributed by atoms with Crippen LogP contribution in [0.25, 0.3) is 0 Å². The summed E-state index contributed by atoms with van der Waals surface area (Å²) in [6, 6.07) is 5.46. The van der Waals surface area contributed by atoms with Gasteiger partial charge in [0.05, 0.1) is 12.7 Å². The van der Waals surface area contributed by atoms with Crippen LogP contribution in [0.1, 0.15) is 22.8 Å². The maximum atomic E-state index is 11.4. The largest absolute Gasteiger partial charge is 0.489 e. The molecule has 1 aliphatic heterocycles. The van der Waals surface area contributed by atoms with Crippen molar-refractivity contribution in [3.63, 3.8) is 0 Å². The molecule has 0 aliphatic carbocycles. The normalized spacial score (nSPS) is 20.1. The van der Waals surface area contributed by atoms with Crippen molar-refractivity contribution in [2.24, 2.45) is 0 Å². The van der Waals surface area contributed by atoms with E-state index in [0.29, 0.717) is 5.56 Å². The summed E-state index contributed by atoms with van der Waals surface area (Å²) in [6.07, 6.45) is 0.120. The fourth-order valence-corrected chi connectivity index (χ4v) is 2.09. The van der Waals surface area contributed by atoms with Crippen LogP contribution in [0, 0.1) is 0 Å². The van der Waals surface area contributed by atoms with Gasteiger partial charge in [-0.1, -0.05) is 6.07 Å². The number of esters is 1. The molecule has 0 spiro atoms. The van der Waals surface area contributed by atoms with E-state index in [1.54, 1.807) is 12.1 Å². The molecule has 0 fully saturated rings. The Hall–Kier alpha value is -1.55. The van der Waals surface area contributed by atoms with Crippen molar-refractivity contribution in [1.29, 1.82) is 0 Å². The van der Waals surface area contributed by atoms with Crippen molar-refractivity contribution >= 4 is 5.97 Å². The number of rotatable bonds is 1. The molecule has 0 saturated heterocycles. The summed E-state index contributed by atoms with van der Waals surface area (Å²) in [5.41, 5.74) is 1.63. The molecule has 1 aromatic carbocycles. The summed E-state index contributed by atoms with van der Waals surface area (Å²) in [5.74, 6) is 0.450. The first kappa shape index (κ1) is 11.9. The Kier molecular flexibility index (Phi) is 3.33. The van der Waals surface area contributed by atoms with Gasteiger partial charge < -0.3 is 9.47 Å². The van der Waals surface area contributed by atoms with Crippen LogP contribution >= 0.6 is 0 Å². The van der Waals surface area contributed by atoms with Crippen LogP contribution < -0.4 is 4.74 Å². The molecule has 17 heavy (non-hydrogen) atoms. The van der Waals surface area contributed by atoms with Gasteiger partial charge in [-0.05, 0) is 26.1 Å². The van der Waals surface area contributed by atoms with Crippen LogP contribution in [0.4, 0.5) is 0 Å². The quantitative estimate of drug-likeness (QED) is 0.694. The maximum absolute atomic E-state index is 11.4. The van der Waals surface area contributed by atoms with Gasteiger partial charge in [0.1, 0.15) is 11.9 Å². The van der Waals surface area contributed by atoms with E-state index in [9.17, 15) is 4.79 Å². The molecular weight excluding hydrogens is 218 g/mol. The van der Waals surface area contributed by atoms with Crippen LogP contribution in [-0.4, -0.2) is 37.7 Å². The second-order valence-electron chi connectivity index (χ2n) is 4.44. The van der Waals surface area contributed by atoms with Crippen molar-refractivity contribution in [2.45, 2.75) is 19.6 Å². The fourth-order valence-electron chi connectivity index (χ4n) is 2.09. The van der Waals surface area contributed by atoms with Crippen LogP contribution in [-0.2, 0) is 11.3 Å². The number of ether oxygens (including phenoxy) is 2. The molecule has 92 valence electrons. The number of benzene rings is 1. The van der Waals surface area contributed by atoms with Gasteiger partial charge in [-0.15, -0.1) is 0 Å². The Balaban J connectivity index is 2.34. The monoisotopic (exact) mass is 235 g/mol. The summed E-state index contributed by atoms with van der Waals surface area (Å²) in [6.45, 7) is 3.74. The van der Waals surface area contributed by atoms with Gasteiger partial charge in [0.2, 0.25) is 0 Å². The molecule has 4 nitrogen and oxygen atoms in total. The Labute approximate surface area is 101 Å². The minimum Gasteiger partial charge on any atom is -0.489 e. The van der Waals surface area contributed by atoms with E-state index in [1.165, 1.54) is 7.11 Å². The third-order valence-corrected chi connectivity index (χ3v) is 2.83. The second kappa shape index (κ2) is 4.75. The standard InChI is InChI=1S/C13H17NO3/c1-9-7-14(2)8-11-5-4-10(13(15)16-3)6-12(11)17-9/h4-6,9H,7-8H2,1-3H3/t9-/m1/s1. The number of likely N-dealkylation sites (N-methyl/N-ethyl adjacent to an activating group) is 1. The number of carbonyl (C=O) groups excluding carboxylic acids is 1. The average molecular weight is 235 g/mol. The summed E-state index contributed by atoms with van der Waals surface area (Å²) in [7, 11) is 3.44. The smallest absolute Gasteiger partial charge is 0.337 e. The highest BCUT2D eigenvalue weighted by Gasteiger charge is 2.19. The molecule has 0 amide bonds. The summed E-state index contributed by atoms with van der Waals surface area (Å²) in [5, 5.41) is 0. The molecule has 4 heteroatoms. The molecule has 0 aromatic heterocycles. The zero-order valence-electron chi connectivity index (χ0n) is 10.4. The Morgan fingerprint density at radius 1 is 1.53 bits per heavy atom. The van der Waals surface area contributed by atoms with E-state index in [-0.39, 0.29) is 12.1 Å². The van der Waals surface area contributed by atoms with Crippen molar-refractivity contribution in [1.82, 2.24) is 4.90 Å². The first-order valence-electron chi connectivity index (χ1n) is 5.66. The van der Waals surface area contributed by atoms with Gasteiger partial charge in [-0.2, -0.15) is 0 Å². The molecule has 0 N–H and O–H groups in total. The molecule has 1 aromatic rings. The van der Waals surface area contributed by atoms with E-state index in [4.69, 9.17) is 9.47 Å². The Bertz CT molecular complexity index is 431. The lowest BCUT2D eigenvalue weighted by Crippen LogP contribution is -2.27. The molecule has 0 unspecified atom stereocenters. The molecule has 1 atom stereocenters. The van der Waals surface area contributed by atoms with Crippen molar-refractivity contribution in [2.75, 3.05) is 20.7 Å². The Morgan fingerprint density at radius 3 is 3.00 bits per heavy atom. The summed E-state index contributed by atoms with van der Waals surface area (Å²) >= 11 is 0. The lowest BCUT2D eigenvalue weighted by molar-refractivity contribution is 0.0600. The number of hydrogen-bond acceptors (Lipinski definition) is 4. The zero-order valence-corrected chi connectivity index (χ0v) is 10.4. The molecule has 1 heterocycles. The number of nitrogens with zero attached hydrogens (tertiary/aromatic N) is 1. The van der Waals surface area contributed by atoms with Crippen molar-refractivity contribution < 1.29 is 14.3 Å². The lowest BCUT2D eigenvalue weighted by atomic mass is 10.1. The van der Waals surface area contributed by atoms with Crippen molar-refractivity contribution in [3.05, 3.63) is 29.3 Å². The molecule has 1 aliphatic rings. The van der Waals surface area contributed by atoms with E-state index < -0.39 is 0 Å². The predicted octanol–water partition coefficient (Wildman–Crippen LogP) is 1.69. The van der Waals surface area contributed by atoms with Gasteiger partial charge in [0.15, 0.2) is 0 Å². The topological polar surface area (TPSA) is 38.8 Å². The van der Waals surface area contributed by atoms with E-state index in [0.717, 1.165) is 24.4 Å². The third kappa shape index (κ3) is 2.58. The van der Waals surface area contributed by atoms with Gasteiger partial charge in [0.25, 0.3) is 0 Å². The van der Waals surface area contributed by atoms with Gasteiger partial charge in [-0.3, -0.25) is 4.90 Å². The van der Waals surface area contributed by atoms with Gasteiger partial charge in [-0.25, -0.2) is 4.79 Å². The van der Waals surface area contributed by atoms with Crippen LogP contribution in [0.2, 0.25) is 0 Å². The molecule has 0 radical (unpaired) electrons. The lowest BCUT2D eigenvalue weighted by Gasteiger charge is -2.15. The molecular formula is C13H17NO3. The zero-order chi connectivity index (χ0) is 12.4. The third-order valence-electron chi connectivity index (χ3n) is 2.83. The summed E-state index contributed by atoms with van der Waals surface area (Å²) < 4.78 is 10.5. The first-order chi connectivity index (χ1) is 8.10. The number of fused-ring (bicyclic) bond motifs is 1. The van der Waals surface area contributed by atoms with Crippen LogP contribution in [0.5, 0.6) is 5.75 Å². The van der Waals surface area contributed by atoms with Crippen molar-refractivity contribution in [3.8, 4) is 5.75 Å². The molecule has 2 rings (SSSR count). The first-order valence-corrected chi connectivity index (χ1v) is 5.66. The minimum atomic E-state index is -0.332. The average Bonchev–Trinajstić information content (AvgIpc) is 2.43. The highest BCUT2D eigenvalue weighted by Crippen LogP contribution is 2.26. The number of carbonyl (C=O) groups is 1. The molecule has 0 bridgehead atoms. The van der Waals surface area contributed by atoms with Gasteiger partial charge >= 0.3 is 5.97 Å².